The zero-order valence-corrected chi connectivity index (χ0v) is 17.9. The van der Waals surface area contributed by atoms with Gasteiger partial charge < -0.3 is 33.5 Å². The maximum Gasteiger partial charge on any atom is 0.229 e. The summed E-state index contributed by atoms with van der Waals surface area (Å²) in [4.78, 5) is 0. The van der Waals surface area contributed by atoms with Crippen molar-refractivity contribution in [2.24, 2.45) is 11.8 Å². The maximum absolute atomic E-state index is 11.1. The second-order valence-electron chi connectivity index (χ2n) is 8.69. The summed E-state index contributed by atoms with van der Waals surface area (Å²) in [5.74, 6) is -0.998. The Kier molecular flexibility index (Phi) is 5.19. The predicted octanol–water partition coefficient (Wildman–Crippen LogP) is 3.10. The molecule has 7 heteroatoms. The molecule has 6 unspecified atom stereocenters. The van der Waals surface area contributed by atoms with Gasteiger partial charge in [0.2, 0.25) is 6.29 Å². The summed E-state index contributed by atoms with van der Waals surface area (Å²) < 4.78 is 35.9. The zero-order valence-electron chi connectivity index (χ0n) is 17.9. The second-order valence-corrected chi connectivity index (χ2v) is 8.69. The molecular formula is C24H28O7. The number of aliphatic hydroxyl groups is 1. The van der Waals surface area contributed by atoms with Gasteiger partial charge in [-0.2, -0.15) is 0 Å². The first kappa shape index (κ1) is 20.7. The monoisotopic (exact) mass is 428 g/mol. The van der Waals surface area contributed by atoms with Crippen molar-refractivity contribution in [1.82, 2.24) is 0 Å². The summed E-state index contributed by atoms with van der Waals surface area (Å²) in [6.45, 7) is 4.53. The van der Waals surface area contributed by atoms with Crippen LogP contribution in [0.1, 0.15) is 19.4 Å². The van der Waals surface area contributed by atoms with E-state index in [2.05, 4.69) is 0 Å². The van der Waals surface area contributed by atoms with Crippen LogP contribution < -0.4 is 9.47 Å². The van der Waals surface area contributed by atoms with Crippen LogP contribution in [0.5, 0.6) is 11.5 Å². The summed E-state index contributed by atoms with van der Waals surface area (Å²) in [7, 11) is 1.61. The van der Waals surface area contributed by atoms with Crippen molar-refractivity contribution >= 4 is 0 Å². The van der Waals surface area contributed by atoms with Crippen molar-refractivity contribution in [3.63, 3.8) is 0 Å². The van der Waals surface area contributed by atoms with Gasteiger partial charge in [0, 0.05) is 0 Å². The van der Waals surface area contributed by atoms with Crippen LogP contribution in [0.15, 0.2) is 54.6 Å². The molecule has 7 nitrogen and oxygen atoms in total. The number of hydrogen-bond donors (Lipinski definition) is 1. The van der Waals surface area contributed by atoms with Crippen LogP contribution in [0.25, 0.3) is 0 Å². The first-order valence-corrected chi connectivity index (χ1v) is 10.6. The van der Waals surface area contributed by atoms with Crippen LogP contribution in [-0.2, 0) is 25.6 Å². The van der Waals surface area contributed by atoms with E-state index < -0.39 is 24.0 Å². The molecule has 3 aliphatic rings. The molecule has 31 heavy (non-hydrogen) atoms. The molecule has 2 heterocycles. The minimum Gasteiger partial charge on any atom is -0.497 e. The van der Waals surface area contributed by atoms with Gasteiger partial charge in [-0.05, 0) is 43.7 Å². The Hall–Kier alpha value is -2.16. The molecule has 2 aliphatic heterocycles. The lowest BCUT2D eigenvalue weighted by Crippen LogP contribution is -2.73. The van der Waals surface area contributed by atoms with Gasteiger partial charge in [-0.25, -0.2) is 0 Å². The van der Waals surface area contributed by atoms with Crippen LogP contribution in [0.4, 0.5) is 0 Å². The second kappa shape index (κ2) is 7.76. The quantitative estimate of drug-likeness (QED) is 0.758. The van der Waals surface area contributed by atoms with E-state index in [1.165, 1.54) is 0 Å². The number of methoxy groups -OCH3 is 1. The fraction of sp³-hybridized carbons (Fsp3) is 0.500. The molecule has 1 saturated carbocycles. The van der Waals surface area contributed by atoms with Crippen LogP contribution in [0.2, 0.25) is 0 Å². The Morgan fingerprint density at radius 1 is 1.00 bits per heavy atom. The summed E-state index contributed by atoms with van der Waals surface area (Å²) in [5.41, 5.74) is 1.02. The van der Waals surface area contributed by atoms with Crippen LogP contribution >= 0.6 is 0 Å². The largest absolute Gasteiger partial charge is 0.497 e. The van der Waals surface area contributed by atoms with E-state index in [0.717, 1.165) is 11.3 Å². The van der Waals surface area contributed by atoms with Crippen molar-refractivity contribution in [3.05, 3.63) is 60.2 Å². The van der Waals surface area contributed by atoms with Gasteiger partial charge in [0.15, 0.2) is 11.6 Å². The SMILES string of the molecule is COc1ccc(OC2OC3(OCc4ccccc4)C4COC(C)(C)OC4C3C2O)cc1. The highest BCUT2D eigenvalue weighted by Crippen LogP contribution is 2.59. The number of aliphatic hydroxyl groups excluding tert-OH is 1. The van der Waals surface area contributed by atoms with E-state index in [1.807, 2.05) is 44.2 Å². The average Bonchev–Trinajstić information content (AvgIpc) is 3.00. The zero-order chi connectivity index (χ0) is 21.6. The lowest BCUT2D eigenvalue weighted by molar-refractivity contribution is -0.436. The number of benzene rings is 2. The average molecular weight is 428 g/mol. The van der Waals surface area contributed by atoms with Crippen LogP contribution in [0.3, 0.4) is 0 Å². The highest BCUT2D eigenvalue weighted by atomic mass is 16.8. The van der Waals surface area contributed by atoms with Gasteiger partial charge >= 0.3 is 0 Å². The first-order chi connectivity index (χ1) is 14.9. The molecule has 0 radical (unpaired) electrons. The molecule has 2 aromatic rings. The predicted molar refractivity (Wildman–Crippen MR) is 110 cm³/mol. The molecule has 1 N–H and O–H groups in total. The van der Waals surface area contributed by atoms with Crippen molar-refractivity contribution in [1.29, 1.82) is 0 Å². The molecule has 0 spiro atoms. The highest BCUT2D eigenvalue weighted by Gasteiger charge is 2.76. The summed E-state index contributed by atoms with van der Waals surface area (Å²) in [5, 5.41) is 11.1. The minimum absolute atomic E-state index is 0.159. The molecule has 1 aliphatic carbocycles. The number of hydrogen-bond acceptors (Lipinski definition) is 7. The Morgan fingerprint density at radius 2 is 1.71 bits per heavy atom. The topological polar surface area (TPSA) is 75.6 Å². The summed E-state index contributed by atoms with van der Waals surface area (Å²) >= 11 is 0. The summed E-state index contributed by atoms with van der Waals surface area (Å²) in [6.07, 6.45) is -2.03. The Morgan fingerprint density at radius 3 is 2.42 bits per heavy atom. The third-order valence-corrected chi connectivity index (χ3v) is 6.33. The fourth-order valence-electron chi connectivity index (χ4n) is 4.76. The summed E-state index contributed by atoms with van der Waals surface area (Å²) in [6, 6.07) is 17.0. The molecule has 0 aromatic heterocycles. The van der Waals surface area contributed by atoms with E-state index in [9.17, 15) is 5.11 Å². The van der Waals surface area contributed by atoms with Crippen LogP contribution in [0, 0.1) is 11.8 Å². The van der Waals surface area contributed by atoms with Crippen molar-refractivity contribution in [2.45, 2.75) is 50.5 Å². The van der Waals surface area contributed by atoms with Gasteiger partial charge in [-0.3, -0.25) is 0 Å². The van der Waals surface area contributed by atoms with E-state index in [4.69, 9.17) is 28.4 Å². The van der Waals surface area contributed by atoms with Gasteiger partial charge in [-0.15, -0.1) is 0 Å². The highest BCUT2D eigenvalue weighted by molar-refractivity contribution is 5.31. The van der Waals surface area contributed by atoms with E-state index >= 15 is 0 Å². The van der Waals surface area contributed by atoms with Gasteiger partial charge in [0.05, 0.1) is 38.3 Å². The molecule has 0 amide bonds. The van der Waals surface area contributed by atoms with E-state index in [1.54, 1.807) is 31.4 Å². The molecular weight excluding hydrogens is 400 g/mol. The number of ether oxygens (including phenoxy) is 6. The Balaban J connectivity index is 1.38. The lowest BCUT2D eigenvalue weighted by atomic mass is 9.64. The molecule has 3 fully saturated rings. The molecule has 166 valence electrons. The van der Waals surface area contributed by atoms with Gasteiger partial charge in [0.1, 0.15) is 17.6 Å². The Labute approximate surface area is 181 Å². The smallest absolute Gasteiger partial charge is 0.229 e. The molecule has 6 atom stereocenters. The van der Waals surface area contributed by atoms with Crippen molar-refractivity contribution < 1.29 is 33.5 Å². The standard InChI is InChI=1S/C24H28O7/c1-23(2)27-14-18-21(30-23)19-20(25)22(29-17-11-9-16(26-3)10-12-17)31-24(18,19)28-13-15-7-5-4-6-8-15/h4-12,18-22,25H,13-14H2,1-3H3. The van der Waals surface area contributed by atoms with Crippen molar-refractivity contribution in [3.8, 4) is 11.5 Å². The Bertz CT molecular complexity index is 900. The third-order valence-electron chi connectivity index (χ3n) is 6.33. The maximum atomic E-state index is 11.1. The number of rotatable bonds is 6. The van der Waals surface area contributed by atoms with Crippen molar-refractivity contribution in [2.75, 3.05) is 13.7 Å². The van der Waals surface area contributed by atoms with E-state index in [0.29, 0.717) is 19.0 Å². The molecule has 5 rings (SSSR count). The normalized spacial score (nSPS) is 35.5. The number of fused-ring (bicyclic) bond motifs is 4. The fourth-order valence-corrected chi connectivity index (χ4v) is 4.76. The van der Waals surface area contributed by atoms with Crippen LogP contribution in [-0.4, -0.2) is 48.9 Å². The molecule has 2 aromatic carbocycles. The first-order valence-electron chi connectivity index (χ1n) is 10.6. The third kappa shape index (κ3) is 3.60. The lowest BCUT2D eigenvalue weighted by Gasteiger charge is -2.59. The minimum atomic E-state index is -1.03. The van der Waals surface area contributed by atoms with Gasteiger partial charge in [-0.1, -0.05) is 30.3 Å². The molecule has 2 saturated heterocycles. The van der Waals surface area contributed by atoms with Gasteiger partial charge in [0.25, 0.3) is 0 Å². The van der Waals surface area contributed by atoms with E-state index in [-0.39, 0.29) is 17.9 Å². The molecule has 0 bridgehead atoms.